The minimum Gasteiger partial charge on any atom is -0.332 e. The summed E-state index contributed by atoms with van der Waals surface area (Å²) < 4.78 is 1.74. The number of fused-ring (bicyclic) bond motifs is 1. The van der Waals surface area contributed by atoms with Gasteiger partial charge in [0, 0.05) is 18.7 Å². The molecular weight excluding hydrogens is 322 g/mol. The fourth-order valence-electron chi connectivity index (χ4n) is 2.48. The van der Waals surface area contributed by atoms with E-state index >= 15 is 0 Å². The van der Waals surface area contributed by atoms with Gasteiger partial charge in [0.05, 0.1) is 10.9 Å². The Labute approximate surface area is 144 Å². The lowest BCUT2D eigenvalue weighted by atomic mass is 10.2. The molecule has 0 fully saturated rings. The topological polar surface area (TPSA) is 66.9 Å². The van der Waals surface area contributed by atoms with E-state index in [0.717, 1.165) is 11.3 Å². The molecule has 3 aromatic rings. The fourth-order valence-corrected chi connectivity index (χ4v) is 2.76. The number of anilines is 1. The predicted molar refractivity (Wildman–Crippen MR) is 97.8 cm³/mol. The van der Waals surface area contributed by atoms with Gasteiger partial charge in [0.15, 0.2) is 4.77 Å². The molecule has 3 rings (SSSR count). The van der Waals surface area contributed by atoms with E-state index in [4.69, 9.17) is 12.2 Å². The van der Waals surface area contributed by atoms with Crippen LogP contribution in [0.2, 0.25) is 0 Å². The molecule has 6 heteroatoms. The number of hydrogen-bond acceptors (Lipinski definition) is 3. The summed E-state index contributed by atoms with van der Waals surface area (Å²) in [5.41, 5.74) is 2.38. The van der Waals surface area contributed by atoms with Crippen LogP contribution in [0.5, 0.6) is 0 Å². The Morgan fingerprint density at radius 3 is 2.62 bits per heavy atom. The molecule has 1 amide bonds. The summed E-state index contributed by atoms with van der Waals surface area (Å²) in [6.45, 7) is 2.22. The van der Waals surface area contributed by atoms with Gasteiger partial charge in [-0.3, -0.25) is 14.2 Å². The van der Waals surface area contributed by atoms with Gasteiger partial charge in [0.25, 0.3) is 5.56 Å². The zero-order valence-electron chi connectivity index (χ0n) is 13.2. The van der Waals surface area contributed by atoms with Crippen molar-refractivity contribution >= 4 is 34.7 Å². The van der Waals surface area contributed by atoms with Crippen molar-refractivity contribution in [2.75, 3.05) is 5.32 Å². The van der Waals surface area contributed by atoms with Crippen molar-refractivity contribution in [1.29, 1.82) is 0 Å². The van der Waals surface area contributed by atoms with Gasteiger partial charge in [0.2, 0.25) is 5.91 Å². The second-order valence-corrected chi connectivity index (χ2v) is 5.98. The van der Waals surface area contributed by atoms with Crippen LogP contribution in [0, 0.1) is 11.7 Å². The molecule has 0 aliphatic rings. The number of amides is 1. The molecule has 1 aromatic heterocycles. The van der Waals surface area contributed by atoms with Crippen LogP contribution in [0.15, 0.2) is 53.3 Å². The highest BCUT2D eigenvalue weighted by molar-refractivity contribution is 7.71. The first kappa shape index (κ1) is 16.1. The average Bonchev–Trinajstić information content (AvgIpc) is 2.57. The molecule has 122 valence electrons. The first-order chi connectivity index (χ1) is 11.5. The summed E-state index contributed by atoms with van der Waals surface area (Å²) >= 11 is 5.24. The molecule has 2 aromatic carbocycles. The standard InChI is InChI=1S/C18H17N3O2S/c1-12-6-8-13(9-7-12)19-16(22)10-11-21-17(23)14-4-2-3-5-15(14)20-18(21)24/h2-9H,10-11H2,1H3,(H,19,22)(H,20,24). The van der Waals surface area contributed by atoms with Crippen molar-refractivity contribution in [1.82, 2.24) is 9.55 Å². The Bertz CT molecular complexity index is 1000. The maximum atomic E-state index is 12.5. The van der Waals surface area contributed by atoms with E-state index in [1.165, 1.54) is 4.57 Å². The van der Waals surface area contributed by atoms with E-state index in [1.54, 1.807) is 18.2 Å². The smallest absolute Gasteiger partial charge is 0.262 e. The van der Waals surface area contributed by atoms with Gasteiger partial charge >= 0.3 is 0 Å². The van der Waals surface area contributed by atoms with Crippen molar-refractivity contribution in [3.05, 3.63) is 69.2 Å². The third-order valence-electron chi connectivity index (χ3n) is 3.79. The molecule has 2 N–H and O–H groups in total. The predicted octanol–water partition coefficient (Wildman–Crippen LogP) is 3.40. The zero-order chi connectivity index (χ0) is 17.1. The van der Waals surface area contributed by atoms with Gasteiger partial charge in [-0.05, 0) is 43.4 Å². The number of nitrogens with zero attached hydrogens (tertiary/aromatic N) is 1. The quantitative estimate of drug-likeness (QED) is 0.716. The number of para-hydroxylation sites is 1. The number of aromatic nitrogens is 2. The molecule has 0 atom stereocenters. The van der Waals surface area contributed by atoms with Crippen molar-refractivity contribution < 1.29 is 4.79 Å². The molecule has 0 aliphatic heterocycles. The molecule has 5 nitrogen and oxygen atoms in total. The first-order valence-electron chi connectivity index (χ1n) is 7.63. The van der Waals surface area contributed by atoms with Crippen molar-refractivity contribution in [2.24, 2.45) is 0 Å². The molecule has 0 saturated carbocycles. The number of benzene rings is 2. The lowest BCUT2D eigenvalue weighted by Gasteiger charge is -2.09. The van der Waals surface area contributed by atoms with Crippen LogP contribution in [0.3, 0.4) is 0 Å². The van der Waals surface area contributed by atoms with E-state index in [2.05, 4.69) is 10.3 Å². The van der Waals surface area contributed by atoms with Crippen LogP contribution in [0.25, 0.3) is 10.9 Å². The Morgan fingerprint density at radius 2 is 1.88 bits per heavy atom. The second kappa shape index (κ2) is 6.80. The molecule has 0 unspecified atom stereocenters. The maximum Gasteiger partial charge on any atom is 0.262 e. The van der Waals surface area contributed by atoms with E-state index in [-0.39, 0.29) is 24.4 Å². The molecule has 0 saturated heterocycles. The van der Waals surface area contributed by atoms with E-state index in [0.29, 0.717) is 15.7 Å². The van der Waals surface area contributed by atoms with Gasteiger partial charge in [-0.2, -0.15) is 0 Å². The molecule has 0 radical (unpaired) electrons. The Hall–Kier alpha value is -2.73. The van der Waals surface area contributed by atoms with Gasteiger partial charge in [-0.25, -0.2) is 0 Å². The van der Waals surface area contributed by atoms with E-state index in [1.807, 2.05) is 37.3 Å². The van der Waals surface area contributed by atoms with Crippen LogP contribution >= 0.6 is 12.2 Å². The van der Waals surface area contributed by atoms with Gasteiger partial charge in [-0.1, -0.05) is 29.8 Å². The van der Waals surface area contributed by atoms with Crippen LogP contribution in [0.4, 0.5) is 5.69 Å². The summed E-state index contributed by atoms with van der Waals surface area (Å²) in [6, 6.07) is 14.7. The van der Waals surface area contributed by atoms with Gasteiger partial charge in [-0.15, -0.1) is 0 Å². The Kier molecular flexibility index (Phi) is 4.57. The molecule has 0 spiro atoms. The lowest BCUT2D eigenvalue weighted by molar-refractivity contribution is -0.116. The summed E-state index contributed by atoms with van der Waals surface area (Å²) in [5.74, 6) is -0.159. The Balaban J connectivity index is 1.76. The molecule has 1 heterocycles. The van der Waals surface area contributed by atoms with Crippen LogP contribution in [0.1, 0.15) is 12.0 Å². The summed E-state index contributed by atoms with van der Waals surface area (Å²) in [7, 11) is 0. The highest BCUT2D eigenvalue weighted by atomic mass is 32.1. The molecule has 0 aliphatic carbocycles. The highest BCUT2D eigenvalue weighted by Crippen LogP contribution is 2.10. The molecule has 24 heavy (non-hydrogen) atoms. The van der Waals surface area contributed by atoms with Gasteiger partial charge in [0.1, 0.15) is 0 Å². The molecule has 0 bridgehead atoms. The summed E-state index contributed by atoms with van der Waals surface area (Å²) in [4.78, 5) is 27.6. The van der Waals surface area contributed by atoms with E-state index < -0.39 is 0 Å². The number of H-pyrrole nitrogens is 1. The monoisotopic (exact) mass is 339 g/mol. The number of nitrogens with one attached hydrogen (secondary N) is 2. The second-order valence-electron chi connectivity index (χ2n) is 5.60. The Morgan fingerprint density at radius 1 is 1.17 bits per heavy atom. The summed E-state index contributed by atoms with van der Waals surface area (Å²) in [5, 5.41) is 3.38. The largest absolute Gasteiger partial charge is 0.332 e. The SMILES string of the molecule is Cc1ccc(NC(=O)CCn2c(=S)[nH]c3ccccc3c2=O)cc1. The van der Waals surface area contributed by atoms with Crippen molar-refractivity contribution in [3.63, 3.8) is 0 Å². The number of rotatable bonds is 4. The van der Waals surface area contributed by atoms with Crippen LogP contribution in [-0.2, 0) is 11.3 Å². The average molecular weight is 339 g/mol. The number of hydrogen-bond donors (Lipinski definition) is 2. The maximum absolute atomic E-state index is 12.5. The van der Waals surface area contributed by atoms with Gasteiger partial charge < -0.3 is 10.3 Å². The number of carbonyl (C=O) groups excluding carboxylic acids is 1. The number of aryl methyl sites for hydroxylation is 1. The molecular formula is C18H17N3O2S. The van der Waals surface area contributed by atoms with Crippen LogP contribution < -0.4 is 10.9 Å². The van der Waals surface area contributed by atoms with Crippen molar-refractivity contribution in [2.45, 2.75) is 19.9 Å². The minimum absolute atomic E-state index is 0.159. The van der Waals surface area contributed by atoms with Crippen LogP contribution in [-0.4, -0.2) is 15.5 Å². The normalized spacial score (nSPS) is 10.7. The number of aromatic amines is 1. The third-order valence-corrected chi connectivity index (χ3v) is 4.11. The first-order valence-corrected chi connectivity index (χ1v) is 8.04. The fraction of sp³-hybridized carbons (Fsp3) is 0.167. The third kappa shape index (κ3) is 3.44. The highest BCUT2D eigenvalue weighted by Gasteiger charge is 2.08. The summed E-state index contributed by atoms with van der Waals surface area (Å²) in [6.07, 6.45) is 0.170. The zero-order valence-corrected chi connectivity index (χ0v) is 14.0. The number of carbonyl (C=O) groups is 1. The lowest BCUT2D eigenvalue weighted by Crippen LogP contribution is -2.25. The van der Waals surface area contributed by atoms with E-state index in [9.17, 15) is 9.59 Å². The van der Waals surface area contributed by atoms with Crippen molar-refractivity contribution in [3.8, 4) is 0 Å². The minimum atomic E-state index is -0.183.